The van der Waals surface area contributed by atoms with Gasteiger partial charge in [0.25, 0.3) is 0 Å². The zero-order valence-electron chi connectivity index (χ0n) is 13.0. The fourth-order valence-corrected chi connectivity index (χ4v) is 3.00. The lowest BCUT2D eigenvalue weighted by Crippen LogP contribution is -2.12. The topological polar surface area (TPSA) is 42.0 Å². The van der Waals surface area contributed by atoms with Gasteiger partial charge in [-0.1, -0.05) is 42.5 Å². The quantitative estimate of drug-likeness (QED) is 0.740. The van der Waals surface area contributed by atoms with E-state index in [2.05, 4.69) is 10.3 Å². The second-order valence-corrected chi connectivity index (χ2v) is 6.43. The van der Waals surface area contributed by atoms with Crippen LogP contribution in [0.5, 0.6) is 0 Å². The molecule has 0 fully saturated rings. The third-order valence-electron chi connectivity index (χ3n) is 3.54. The summed E-state index contributed by atoms with van der Waals surface area (Å²) < 4.78 is 0. The first-order valence-electron chi connectivity index (χ1n) is 7.57. The Morgan fingerprint density at radius 3 is 2.70 bits per heavy atom. The molecule has 0 spiro atoms. The number of thiazole rings is 1. The standard InChI is InChI=1S/C19H18N2OS/c1-14-20-18(13-23-14)16-8-5-9-17(12-16)21-19(22)11-10-15-6-3-2-4-7-15/h2-9,12-13H,10-11H2,1H3,(H,21,22). The van der Waals surface area contributed by atoms with Gasteiger partial charge in [0.15, 0.2) is 0 Å². The molecule has 116 valence electrons. The average Bonchev–Trinajstić information content (AvgIpc) is 3.01. The summed E-state index contributed by atoms with van der Waals surface area (Å²) in [6.07, 6.45) is 1.22. The molecule has 3 nitrogen and oxygen atoms in total. The van der Waals surface area contributed by atoms with Crippen molar-refractivity contribution >= 4 is 22.9 Å². The van der Waals surface area contributed by atoms with E-state index in [0.29, 0.717) is 6.42 Å². The molecule has 23 heavy (non-hydrogen) atoms. The number of nitrogens with one attached hydrogen (secondary N) is 1. The number of aryl methyl sites for hydroxylation is 2. The monoisotopic (exact) mass is 322 g/mol. The Hall–Kier alpha value is -2.46. The van der Waals surface area contributed by atoms with Gasteiger partial charge in [0.1, 0.15) is 0 Å². The Balaban J connectivity index is 1.62. The van der Waals surface area contributed by atoms with Crippen LogP contribution in [0.15, 0.2) is 60.0 Å². The minimum atomic E-state index is 0.0282. The lowest BCUT2D eigenvalue weighted by molar-refractivity contribution is -0.116. The highest BCUT2D eigenvalue weighted by Crippen LogP contribution is 2.24. The first-order chi connectivity index (χ1) is 11.2. The Kier molecular flexibility index (Phi) is 4.83. The molecular weight excluding hydrogens is 304 g/mol. The number of hydrogen-bond acceptors (Lipinski definition) is 3. The van der Waals surface area contributed by atoms with Gasteiger partial charge in [0.2, 0.25) is 5.91 Å². The van der Waals surface area contributed by atoms with Gasteiger partial charge in [0, 0.05) is 23.1 Å². The highest BCUT2D eigenvalue weighted by molar-refractivity contribution is 7.09. The molecular formula is C19H18N2OS. The van der Waals surface area contributed by atoms with Crippen molar-refractivity contribution in [2.75, 3.05) is 5.32 Å². The molecule has 0 unspecified atom stereocenters. The summed E-state index contributed by atoms with van der Waals surface area (Å²) in [6, 6.07) is 17.9. The van der Waals surface area contributed by atoms with E-state index in [1.165, 1.54) is 5.56 Å². The van der Waals surface area contributed by atoms with E-state index in [1.54, 1.807) is 11.3 Å². The van der Waals surface area contributed by atoms with Gasteiger partial charge in [-0.3, -0.25) is 4.79 Å². The minimum absolute atomic E-state index is 0.0282. The van der Waals surface area contributed by atoms with Crippen LogP contribution >= 0.6 is 11.3 Å². The molecule has 0 radical (unpaired) electrons. The van der Waals surface area contributed by atoms with E-state index in [1.807, 2.05) is 66.9 Å². The van der Waals surface area contributed by atoms with Crippen molar-refractivity contribution in [3.05, 3.63) is 70.5 Å². The third-order valence-corrected chi connectivity index (χ3v) is 4.32. The van der Waals surface area contributed by atoms with Gasteiger partial charge in [-0.25, -0.2) is 4.98 Å². The summed E-state index contributed by atoms with van der Waals surface area (Å²) in [5.41, 5.74) is 3.96. The molecule has 3 rings (SSSR count). The van der Waals surface area contributed by atoms with E-state index >= 15 is 0 Å². The summed E-state index contributed by atoms with van der Waals surface area (Å²) in [5.74, 6) is 0.0282. The lowest BCUT2D eigenvalue weighted by atomic mass is 10.1. The SMILES string of the molecule is Cc1nc(-c2cccc(NC(=O)CCc3ccccc3)c2)cs1. The second kappa shape index (κ2) is 7.20. The van der Waals surface area contributed by atoms with Gasteiger partial charge in [-0.05, 0) is 31.0 Å². The first-order valence-corrected chi connectivity index (χ1v) is 8.45. The van der Waals surface area contributed by atoms with Crippen molar-refractivity contribution in [1.29, 1.82) is 0 Å². The molecule has 2 aromatic carbocycles. The molecule has 0 aliphatic carbocycles. The number of nitrogens with zero attached hydrogens (tertiary/aromatic N) is 1. The Bertz CT molecular complexity index is 796. The highest BCUT2D eigenvalue weighted by atomic mass is 32.1. The van der Waals surface area contributed by atoms with Crippen molar-refractivity contribution < 1.29 is 4.79 Å². The third kappa shape index (κ3) is 4.27. The summed E-state index contributed by atoms with van der Waals surface area (Å²) in [7, 11) is 0. The van der Waals surface area contributed by atoms with Crippen molar-refractivity contribution in [1.82, 2.24) is 4.98 Å². The zero-order chi connectivity index (χ0) is 16.1. The molecule has 0 aliphatic heterocycles. The molecule has 4 heteroatoms. The minimum Gasteiger partial charge on any atom is -0.326 e. The summed E-state index contributed by atoms with van der Waals surface area (Å²) in [4.78, 5) is 16.6. The maximum atomic E-state index is 12.1. The number of benzene rings is 2. The van der Waals surface area contributed by atoms with Crippen LogP contribution in [0.4, 0.5) is 5.69 Å². The number of carbonyl (C=O) groups is 1. The van der Waals surface area contributed by atoms with Gasteiger partial charge in [-0.15, -0.1) is 11.3 Å². The van der Waals surface area contributed by atoms with Gasteiger partial charge >= 0.3 is 0 Å². The van der Waals surface area contributed by atoms with Crippen LogP contribution in [-0.2, 0) is 11.2 Å². The fraction of sp³-hybridized carbons (Fsp3) is 0.158. The van der Waals surface area contributed by atoms with Gasteiger partial charge in [-0.2, -0.15) is 0 Å². The molecule has 1 amide bonds. The number of amides is 1. The zero-order valence-corrected chi connectivity index (χ0v) is 13.8. The lowest BCUT2D eigenvalue weighted by Gasteiger charge is -2.07. The van der Waals surface area contributed by atoms with E-state index < -0.39 is 0 Å². The van der Waals surface area contributed by atoms with Crippen molar-refractivity contribution in [2.45, 2.75) is 19.8 Å². The number of rotatable bonds is 5. The predicted octanol–water partition coefficient (Wildman–Crippen LogP) is 4.69. The Labute approximate surface area is 140 Å². The number of carbonyl (C=O) groups excluding carboxylic acids is 1. The highest BCUT2D eigenvalue weighted by Gasteiger charge is 2.06. The first kappa shape index (κ1) is 15.4. The van der Waals surface area contributed by atoms with Crippen LogP contribution in [0.1, 0.15) is 17.0 Å². The van der Waals surface area contributed by atoms with E-state index in [-0.39, 0.29) is 5.91 Å². The molecule has 3 aromatic rings. The van der Waals surface area contributed by atoms with E-state index in [9.17, 15) is 4.79 Å². The molecule has 1 heterocycles. The predicted molar refractivity (Wildman–Crippen MR) is 95.7 cm³/mol. The fourth-order valence-electron chi connectivity index (χ4n) is 2.38. The maximum absolute atomic E-state index is 12.1. The normalized spacial score (nSPS) is 10.5. The molecule has 0 saturated heterocycles. The van der Waals surface area contributed by atoms with Gasteiger partial charge < -0.3 is 5.32 Å². The molecule has 0 aliphatic rings. The summed E-state index contributed by atoms with van der Waals surface area (Å²) in [6.45, 7) is 1.99. The van der Waals surface area contributed by atoms with Gasteiger partial charge in [0.05, 0.1) is 10.7 Å². The molecule has 0 bridgehead atoms. The van der Waals surface area contributed by atoms with Crippen LogP contribution in [0.2, 0.25) is 0 Å². The smallest absolute Gasteiger partial charge is 0.224 e. The number of anilines is 1. The van der Waals surface area contributed by atoms with E-state index in [4.69, 9.17) is 0 Å². The van der Waals surface area contributed by atoms with Crippen LogP contribution in [-0.4, -0.2) is 10.9 Å². The van der Waals surface area contributed by atoms with Crippen LogP contribution in [0.3, 0.4) is 0 Å². The van der Waals surface area contributed by atoms with Crippen LogP contribution in [0.25, 0.3) is 11.3 Å². The van der Waals surface area contributed by atoms with Crippen molar-refractivity contribution in [3.63, 3.8) is 0 Å². The second-order valence-electron chi connectivity index (χ2n) is 5.37. The Morgan fingerprint density at radius 1 is 1.13 bits per heavy atom. The molecule has 0 saturated carbocycles. The molecule has 1 aromatic heterocycles. The van der Waals surface area contributed by atoms with Crippen LogP contribution < -0.4 is 5.32 Å². The number of hydrogen-bond donors (Lipinski definition) is 1. The molecule has 1 N–H and O–H groups in total. The number of aromatic nitrogens is 1. The van der Waals surface area contributed by atoms with Crippen LogP contribution in [0, 0.1) is 6.92 Å². The average molecular weight is 322 g/mol. The maximum Gasteiger partial charge on any atom is 0.224 e. The Morgan fingerprint density at radius 2 is 1.96 bits per heavy atom. The molecule has 0 atom stereocenters. The van der Waals surface area contributed by atoms with Crippen molar-refractivity contribution in [3.8, 4) is 11.3 Å². The van der Waals surface area contributed by atoms with E-state index in [0.717, 1.165) is 28.4 Å². The van der Waals surface area contributed by atoms with Crippen molar-refractivity contribution in [2.24, 2.45) is 0 Å². The summed E-state index contributed by atoms with van der Waals surface area (Å²) in [5, 5.41) is 6.04. The summed E-state index contributed by atoms with van der Waals surface area (Å²) >= 11 is 1.63. The largest absolute Gasteiger partial charge is 0.326 e.